The third-order valence-electron chi connectivity index (χ3n) is 3.51. The van der Waals surface area contributed by atoms with Crippen LogP contribution < -0.4 is 16.4 Å². The van der Waals surface area contributed by atoms with Crippen LogP contribution in [0.3, 0.4) is 0 Å². The average molecular weight is 320 g/mol. The first kappa shape index (κ1) is 14.7. The van der Waals surface area contributed by atoms with E-state index in [1.807, 2.05) is 13.8 Å². The Balaban J connectivity index is 2.24. The molecule has 1 aliphatic rings. The number of thioether (sulfide) groups is 1. The Morgan fingerprint density at radius 2 is 2.05 bits per heavy atom. The fraction of sp³-hybridized carbons (Fsp3) is 0.357. The number of nitrogens with zero attached hydrogens (tertiary/aromatic N) is 1. The smallest absolute Gasteiger partial charge is 0.270 e. The molecular formula is C14H16N4O3S. The number of aromatic nitrogens is 3. The molecule has 2 aromatic heterocycles. The molecule has 0 saturated carbocycles. The lowest BCUT2D eigenvalue weighted by molar-refractivity contribution is -0.113. The summed E-state index contributed by atoms with van der Waals surface area (Å²) >= 11 is 1.28. The minimum Gasteiger partial charge on any atom is -0.329 e. The first-order valence-electron chi connectivity index (χ1n) is 6.92. The van der Waals surface area contributed by atoms with Crippen LogP contribution >= 0.6 is 11.8 Å². The van der Waals surface area contributed by atoms with Gasteiger partial charge in [-0.2, -0.15) is 0 Å². The van der Waals surface area contributed by atoms with Gasteiger partial charge in [0.15, 0.2) is 0 Å². The van der Waals surface area contributed by atoms with Crippen LogP contribution in [-0.4, -0.2) is 26.4 Å². The summed E-state index contributed by atoms with van der Waals surface area (Å²) in [6, 6.07) is 3.38. The Kier molecular flexibility index (Phi) is 3.69. The number of hydrogen-bond donors (Lipinski definition) is 3. The minimum absolute atomic E-state index is 0.0189. The summed E-state index contributed by atoms with van der Waals surface area (Å²) in [6.45, 7) is 3.81. The summed E-state index contributed by atoms with van der Waals surface area (Å²) in [5.74, 6) is 0.448. The monoisotopic (exact) mass is 320 g/mol. The van der Waals surface area contributed by atoms with Gasteiger partial charge >= 0.3 is 0 Å². The molecule has 0 radical (unpaired) electrons. The van der Waals surface area contributed by atoms with E-state index in [0.29, 0.717) is 16.9 Å². The van der Waals surface area contributed by atoms with Gasteiger partial charge in [-0.05, 0) is 19.9 Å². The maximum atomic E-state index is 12.4. The predicted octanol–water partition coefficient (Wildman–Crippen LogP) is 1.22. The van der Waals surface area contributed by atoms with Crippen molar-refractivity contribution < 1.29 is 4.79 Å². The lowest BCUT2D eigenvalue weighted by Crippen LogP contribution is -2.18. The molecular weight excluding hydrogens is 304 g/mol. The molecule has 0 fully saturated rings. The SMILES string of the molecule is CC(C)n1[nH]c(=O)c2c1NC(=O)CS[C@@H]2c1ccc[nH]c1=O. The summed E-state index contributed by atoms with van der Waals surface area (Å²) in [5.41, 5.74) is 0.349. The van der Waals surface area contributed by atoms with E-state index in [1.54, 1.807) is 23.0 Å². The van der Waals surface area contributed by atoms with E-state index in [0.717, 1.165) is 0 Å². The van der Waals surface area contributed by atoms with Gasteiger partial charge in [0, 0.05) is 17.8 Å². The van der Waals surface area contributed by atoms with Gasteiger partial charge < -0.3 is 10.3 Å². The van der Waals surface area contributed by atoms with Crippen molar-refractivity contribution in [1.29, 1.82) is 0 Å². The van der Waals surface area contributed by atoms with Gasteiger partial charge in [-0.15, -0.1) is 11.8 Å². The van der Waals surface area contributed by atoms with E-state index >= 15 is 0 Å². The van der Waals surface area contributed by atoms with Crippen LogP contribution in [0.1, 0.15) is 36.3 Å². The molecule has 1 amide bonds. The summed E-state index contributed by atoms with van der Waals surface area (Å²) in [5, 5.41) is 5.03. The van der Waals surface area contributed by atoms with E-state index < -0.39 is 5.25 Å². The van der Waals surface area contributed by atoms with E-state index in [9.17, 15) is 14.4 Å². The number of H-pyrrole nitrogens is 2. The van der Waals surface area contributed by atoms with Crippen molar-refractivity contribution in [2.75, 3.05) is 11.1 Å². The van der Waals surface area contributed by atoms with Gasteiger partial charge in [-0.3, -0.25) is 24.2 Å². The molecule has 1 atom stereocenters. The summed E-state index contributed by atoms with van der Waals surface area (Å²) < 4.78 is 1.63. The van der Waals surface area contributed by atoms with Crippen molar-refractivity contribution in [3.8, 4) is 0 Å². The Bertz CT molecular complexity index is 833. The fourth-order valence-corrected chi connectivity index (χ4v) is 3.66. The molecule has 3 heterocycles. The lowest BCUT2D eigenvalue weighted by atomic mass is 10.1. The lowest BCUT2D eigenvalue weighted by Gasteiger charge is -2.14. The van der Waals surface area contributed by atoms with Gasteiger partial charge in [-0.25, -0.2) is 0 Å². The van der Waals surface area contributed by atoms with Gasteiger partial charge in [0.25, 0.3) is 11.1 Å². The number of aromatic amines is 2. The standard InChI is InChI=1S/C14H16N4O3S/c1-7(2)18-12-10(14(21)17-18)11(22-6-9(19)16-12)8-4-3-5-15-13(8)20/h3-5,7,11H,6H2,1-2H3,(H,15,20)(H,16,19)(H,17,21)/t11-/m1/s1. The molecule has 0 aromatic carbocycles. The molecule has 0 spiro atoms. The predicted molar refractivity (Wildman–Crippen MR) is 85.4 cm³/mol. The molecule has 0 bridgehead atoms. The number of nitrogens with one attached hydrogen (secondary N) is 3. The average Bonchev–Trinajstić information content (AvgIpc) is 2.68. The van der Waals surface area contributed by atoms with E-state index in [4.69, 9.17) is 0 Å². The Morgan fingerprint density at radius 3 is 2.73 bits per heavy atom. The van der Waals surface area contributed by atoms with Crippen LogP contribution in [0.4, 0.5) is 5.82 Å². The Labute approximate surface area is 130 Å². The van der Waals surface area contributed by atoms with Gasteiger partial charge in [0.05, 0.1) is 16.6 Å². The van der Waals surface area contributed by atoms with Gasteiger partial charge in [-0.1, -0.05) is 6.07 Å². The molecule has 3 rings (SSSR count). The van der Waals surface area contributed by atoms with E-state index in [2.05, 4.69) is 15.4 Å². The first-order chi connectivity index (χ1) is 10.5. The molecule has 3 N–H and O–H groups in total. The van der Waals surface area contributed by atoms with Gasteiger partial charge in [0.2, 0.25) is 5.91 Å². The minimum atomic E-state index is -0.484. The Morgan fingerprint density at radius 1 is 1.27 bits per heavy atom. The first-order valence-corrected chi connectivity index (χ1v) is 7.97. The molecule has 0 aliphatic carbocycles. The number of carbonyl (C=O) groups excluding carboxylic acids is 1. The second-order valence-corrected chi connectivity index (χ2v) is 6.45. The van der Waals surface area contributed by atoms with Crippen LogP contribution in [0.2, 0.25) is 0 Å². The highest BCUT2D eigenvalue weighted by Crippen LogP contribution is 2.38. The number of pyridine rings is 1. The summed E-state index contributed by atoms with van der Waals surface area (Å²) in [6.07, 6.45) is 1.54. The van der Waals surface area contributed by atoms with Crippen molar-refractivity contribution >= 4 is 23.5 Å². The summed E-state index contributed by atoms with van der Waals surface area (Å²) in [7, 11) is 0. The zero-order valence-electron chi connectivity index (χ0n) is 12.2. The molecule has 1 aliphatic heterocycles. The summed E-state index contributed by atoms with van der Waals surface area (Å²) in [4.78, 5) is 39.0. The topological polar surface area (TPSA) is 99.8 Å². The number of fused-ring (bicyclic) bond motifs is 1. The van der Waals surface area contributed by atoms with Crippen molar-refractivity contribution in [2.45, 2.75) is 25.1 Å². The van der Waals surface area contributed by atoms with Crippen LogP contribution in [0, 0.1) is 0 Å². The number of amides is 1. The van der Waals surface area contributed by atoms with Crippen LogP contribution in [-0.2, 0) is 4.79 Å². The quantitative estimate of drug-likeness (QED) is 0.774. The fourth-order valence-electron chi connectivity index (χ4n) is 2.52. The van der Waals surface area contributed by atoms with Crippen LogP contribution in [0.15, 0.2) is 27.9 Å². The highest BCUT2D eigenvalue weighted by Gasteiger charge is 2.32. The molecule has 116 valence electrons. The van der Waals surface area contributed by atoms with Gasteiger partial charge in [0.1, 0.15) is 5.82 Å². The third-order valence-corrected chi connectivity index (χ3v) is 4.76. The van der Waals surface area contributed by atoms with Crippen molar-refractivity contribution in [3.05, 3.63) is 50.2 Å². The number of rotatable bonds is 2. The van der Waals surface area contributed by atoms with Crippen molar-refractivity contribution in [1.82, 2.24) is 14.8 Å². The molecule has 8 heteroatoms. The zero-order valence-corrected chi connectivity index (χ0v) is 13.0. The van der Waals surface area contributed by atoms with E-state index in [1.165, 1.54) is 11.8 Å². The maximum Gasteiger partial charge on any atom is 0.270 e. The highest BCUT2D eigenvalue weighted by molar-refractivity contribution is 8.00. The highest BCUT2D eigenvalue weighted by atomic mass is 32.2. The molecule has 0 unspecified atom stereocenters. The second-order valence-electron chi connectivity index (χ2n) is 5.36. The normalized spacial score (nSPS) is 18.0. The number of anilines is 1. The van der Waals surface area contributed by atoms with E-state index in [-0.39, 0.29) is 28.8 Å². The molecule has 0 saturated heterocycles. The number of carbonyl (C=O) groups is 1. The molecule has 2 aromatic rings. The molecule has 22 heavy (non-hydrogen) atoms. The number of hydrogen-bond acceptors (Lipinski definition) is 4. The zero-order chi connectivity index (χ0) is 15.9. The van der Waals surface area contributed by atoms with Crippen LogP contribution in [0.25, 0.3) is 0 Å². The maximum absolute atomic E-state index is 12.4. The van der Waals surface area contributed by atoms with Crippen molar-refractivity contribution in [3.63, 3.8) is 0 Å². The second kappa shape index (κ2) is 5.53. The third kappa shape index (κ3) is 2.39. The Hall–Kier alpha value is -2.22. The van der Waals surface area contributed by atoms with Crippen LogP contribution in [0.5, 0.6) is 0 Å². The largest absolute Gasteiger partial charge is 0.329 e. The van der Waals surface area contributed by atoms with Crippen molar-refractivity contribution in [2.24, 2.45) is 0 Å². The molecule has 7 nitrogen and oxygen atoms in total.